The lowest BCUT2D eigenvalue weighted by Crippen LogP contribution is -2.35. The summed E-state index contributed by atoms with van der Waals surface area (Å²) in [4.78, 5) is 12.3. The first-order valence-corrected chi connectivity index (χ1v) is 11.0. The number of ether oxygens (including phenoxy) is 1. The first kappa shape index (κ1) is 20.1. The average Bonchev–Trinajstić information content (AvgIpc) is 2.62. The summed E-state index contributed by atoms with van der Waals surface area (Å²) in [6.07, 6.45) is 0.684. The second-order valence-corrected chi connectivity index (χ2v) is 9.16. The Balaban J connectivity index is 1.56. The molecule has 0 saturated carbocycles. The minimum Gasteiger partial charge on any atom is -0.493 e. The van der Waals surface area contributed by atoms with Crippen LogP contribution in [-0.4, -0.2) is 27.5 Å². The van der Waals surface area contributed by atoms with Gasteiger partial charge in [0.1, 0.15) is 5.75 Å². The Morgan fingerprint density at radius 3 is 2.85 bits per heavy atom. The van der Waals surface area contributed by atoms with Crippen molar-refractivity contribution in [3.63, 3.8) is 0 Å². The molecule has 0 aliphatic carbocycles. The van der Waals surface area contributed by atoms with Crippen LogP contribution >= 0.6 is 27.5 Å². The summed E-state index contributed by atoms with van der Waals surface area (Å²) in [6, 6.07) is 11.5. The van der Waals surface area contributed by atoms with Crippen molar-refractivity contribution in [3.8, 4) is 5.75 Å². The van der Waals surface area contributed by atoms with Crippen LogP contribution < -0.4 is 14.8 Å². The average molecular weight is 474 g/mol. The largest absolute Gasteiger partial charge is 0.493 e. The second kappa shape index (κ2) is 8.60. The molecule has 9 heteroatoms. The topological polar surface area (TPSA) is 84.5 Å². The van der Waals surface area contributed by atoms with E-state index in [1.165, 1.54) is 12.1 Å². The van der Waals surface area contributed by atoms with Crippen LogP contribution in [0.2, 0.25) is 5.02 Å². The van der Waals surface area contributed by atoms with Crippen LogP contribution in [0.4, 0.5) is 0 Å². The van der Waals surface area contributed by atoms with Crippen LogP contribution in [0.1, 0.15) is 24.4 Å². The maximum Gasteiger partial charge on any atom is 0.240 e. The number of benzene rings is 2. The quantitative estimate of drug-likeness (QED) is 0.673. The Bertz CT molecular complexity index is 952. The Kier molecular flexibility index (Phi) is 6.41. The summed E-state index contributed by atoms with van der Waals surface area (Å²) in [5.74, 6) is 0.512. The molecule has 144 valence electrons. The Hall–Kier alpha value is -1.61. The fourth-order valence-corrected chi connectivity index (χ4v) is 4.51. The highest BCUT2D eigenvalue weighted by molar-refractivity contribution is 9.10. The molecular weight excluding hydrogens is 456 g/mol. The number of hydrogen-bond donors (Lipinski definition) is 2. The number of rotatable bonds is 6. The predicted molar refractivity (Wildman–Crippen MR) is 106 cm³/mol. The van der Waals surface area contributed by atoms with Crippen molar-refractivity contribution in [2.24, 2.45) is 0 Å². The number of amides is 1. The van der Waals surface area contributed by atoms with Gasteiger partial charge in [-0.25, -0.2) is 13.1 Å². The Morgan fingerprint density at radius 1 is 1.26 bits per heavy atom. The fourth-order valence-electron chi connectivity index (χ4n) is 2.80. The SMILES string of the molecule is O=C(CCNS(=O)(=O)c1cccc(Cl)c1)NC1CCOc2ccc(Br)cc21. The second-order valence-electron chi connectivity index (χ2n) is 6.04. The van der Waals surface area contributed by atoms with Gasteiger partial charge in [0.25, 0.3) is 0 Å². The van der Waals surface area contributed by atoms with E-state index in [1.54, 1.807) is 12.1 Å². The van der Waals surface area contributed by atoms with Crippen molar-refractivity contribution in [1.29, 1.82) is 0 Å². The molecule has 0 fully saturated rings. The highest BCUT2D eigenvalue weighted by Gasteiger charge is 2.23. The zero-order valence-corrected chi connectivity index (χ0v) is 17.4. The highest BCUT2D eigenvalue weighted by atomic mass is 79.9. The molecule has 3 rings (SSSR count). The van der Waals surface area contributed by atoms with Crippen molar-refractivity contribution >= 4 is 43.5 Å². The number of hydrogen-bond acceptors (Lipinski definition) is 4. The van der Waals surface area contributed by atoms with E-state index in [4.69, 9.17) is 16.3 Å². The highest BCUT2D eigenvalue weighted by Crippen LogP contribution is 2.34. The van der Waals surface area contributed by atoms with Crippen molar-refractivity contribution in [1.82, 2.24) is 10.0 Å². The van der Waals surface area contributed by atoms with E-state index >= 15 is 0 Å². The van der Waals surface area contributed by atoms with Gasteiger partial charge in [0, 0.05) is 34.4 Å². The van der Waals surface area contributed by atoms with Crippen LogP contribution in [0.15, 0.2) is 51.8 Å². The molecule has 1 amide bonds. The Labute approximate surface area is 171 Å². The fraction of sp³-hybridized carbons (Fsp3) is 0.278. The summed E-state index contributed by atoms with van der Waals surface area (Å²) in [6.45, 7) is 0.510. The summed E-state index contributed by atoms with van der Waals surface area (Å²) in [7, 11) is -3.71. The molecule has 6 nitrogen and oxygen atoms in total. The molecule has 0 aromatic heterocycles. The van der Waals surface area contributed by atoms with E-state index in [1.807, 2.05) is 18.2 Å². The molecule has 0 bridgehead atoms. The molecule has 2 aromatic rings. The van der Waals surface area contributed by atoms with Gasteiger partial charge < -0.3 is 10.1 Å². The standard InChI is InChI=1S/C18H18BrClN2O4S/c19-12-4-5-17-15(10-12)16(7-9-26-17)22-18(23)6-8-21-27(24,25)14-3-1-2-13(20)11-14/h1-5,10-11,16,21H,6-9H2,(H,22,23). The summed E-state index contributed by atoms with van der Waals surface area (Å²) in [5.41, 5.74) is 0.906. The van der Waals surface area contributed by atoms with Gasteiger partial charge >= 0.3 is 0 Å². The van der Waals surface area contributed by atoms with Gasteiger partial charge in [-0.15, -0.1) is 0 Å². The van der Waals surface area contributed by atoms with Crippen LogP contribution in [0.3, 0.4) is 0 Å². The maximum atomic E-state index is 12.3. The molecule has 2 aromatic carbocycles. The summed E-state index contributed by atoms with van der Waals surface area (Å²) in [5, 5.41) is 3.28. The molecule has 1 aliphatic heterocycles. The lowest BCUT2D eigenvalue weighted by molar-refractivity contribution is -0.121. The van der Waals surface area contributed by atoms with E-state index in [0.29, 0.717) is 18.1 Å². The third-order valence-corrected chi connectivity index (χ3v) is 6.28. The molecule has 1 heterocycles. The molecular formula is C18H18BrClN2O4S. The maximum absolute atomic E-state index is 12.3. The number of halogens is 2. The van der Waals surface area contributed by atoms with E-state index in [9.17, 15) is 13.2 Å². The van der Waals surface area contributed by atoms with Crippen LogP contribution in [-0.2, 0) is 14.8 Å². The van der Waals surface area contributed by atoms with Gasteiger partial charge in [0.05, 0.1) is 17.5 Å². The number of sulfonamides is 1. The monoisotopic (exact) mass is 472 g/mol. The zero-order valence-electron chi connectivity index (χ0n) is 14.2. The third-order valence-electron chi connectivity index (χ3n) is 4.10. The molecule has 1 atom stereocenters. The van der Waals surface area contributed by atoms with Crippen molar-refractivity contribution in [2.45, 2.75) is 23.8 Å². The number of nitrogens with one attached hydrogen (secondary N) is 2. The van der Waals surface area contributed by atoms with E-state index in [-0.39, 0.29) is 29.8 Å². The molecule has 0 radical (unpaired) electrons. The lowest BCUT2D eigenvalue weighted by atomic mass is 10.0. The molecule has 0 spiro atoms. The van der Waals surface area contributed by atoms with Crippen LogP contribution in [0, 0.1) is 0 Å². The summed E-state index contributed by atoms with van der Waals surface area (Å²) < 4.78 is 33.4. The van der Waals surface area contributed by atoms with Crippen LogP contribution in [0.5, 0.6) is 5.75 Å². The van der Waals surface area contributed by atoms with Gasteiger partial charge in [-0.2, -0.15) is 0 Å². The summed E-state index contributed by atoms with van der Waals surface area (Å²) >= 11 is 9.25. The third kappa shape index (κ3) is 5.22. The lowest BCUT2D eigenvalue weighted by Gasteiger charge is -2.27. The van der Waals surface area contributed by atoms with E-state index < -0.39 is 10.0 Å². The molecule has 2 N–H and O–H groups in total. The normalized spacial score (nSPS) is 16.3. The van der Waals surface area contributed by atoms with Gasteiger partial charge in [-0.3, -0.25) is 4.79 Å². The van der Waals surface area contributed by atoms with Crippen molar-refractivity contribution in [3.05, 3.63) is 57.5 Å². The van der Waals surface area contributed by atoms with E-state index in [2.05, 4.69) is 26.0 Å². The number of carbonyl (C=O) groups is 1. The minimum absolute atomic E-state index is 0.00472. The zero-order chi connectivity index (χ0) is 19.4. The van der Waals surface area contributed by atoms with Crippen molar-refractivity contribution < 1.29 is 17.9 Å². The van der Waals surface area contributed by atoms with E-state index in [0.717, 1.165) is 15.8 Å². The first-order valence-electron chi connectivity index (χ1n) is 8.32. The Morgan fingerprint density at radius 2 is 2.07 bits per heavy atom. The van der Waals surface area contributed by atoms with Gasteiger partial charge in [-0.05, 0) is 36.4 Å². The van der Waals surface area contributed by atoms with Crippen LogP contribution in [0.25, 0.3) is 0 Å². The predicted octanol–water partition coefficient (Wildman–Crippen LogP) is 3.41. The van der Waals surface area contributed by atoms with Gasteiger partial charge in [0.15, 0.2) is 0 Å². The number of carbonyl (C=O) groups excluding carboxylic acids is 1. The van der Waals surface area contributed by atoms with Gasteiger partial charge in [0.2, 0.25) is 15.9 Å². The molecule has 1 unspecified atom stereocenters. The first-order chi connectivity index (χ1) is 12.8. The molecule has 27 heavy (non-hydrogen) atoms. The smallest absolute Gasteiger partial charge is 0.240 e. The molecule has 0 saturated heterocycles. The molecule has 1 aliphatic rings. The number of fused-ring (bicyclic) bond motifs is 1. The van der Waals surface area contributed by atoms with Crippen molar-refractivity contribution in [2.75, 3.05) is 13.2 Å². The minimum atomic E-state index is -3.71. The van der Waals surface area contributed by atoms with Gasteiger partial charge in [-0.1, -0.05) is 33.6 Å².